The van der Waals surface area contributed by atoms with Crippen LogP contribution in [0.2, 0.25) is 0 Å². The van der Waals surface area contributed by atoms with E-state index in [9.17, 15) is 22.8 Å². The molecule has 4 nitrogen and oxygen atoms in total. The first-order valence-corrected chi connectivity index (χ1v) is 10.7. The minimum Gasteiger partial charge on any atom is -0.494 e. The summed E-state index contributed by atoms with van der Waals surface area (Å²) in [5.41, 5.74) is -1.91. The number of alkyl halides is 5. The normalized spacial score (nSPS) is 16.7. The number of ether oxygens (including phenoxy) is 1. The van der Waals surface area contributed by atoms with Crippen LogP contribution in [0.25, 0.3) is 5.57 Å². The zero-order chi connectivity index (χ0) is 25.3. The van der Waals surface area contributed by atoms with E-state index in [1.165, 1.54) is 18.2 Å². The fraction of sp³-hybridized carbons (Fsp3) is 0.360. The van der Waals surface area contributed by atoms with Gasteiger partial charge in [0.15, 0.2) is 5.78 Å². The summed E-state index contributed by atoms with van der Waals surface area (Å²) in [6.07, 6.45) is -4.34. The van der Waals surface area contributed by atoms with Crippen molar-refractivity contribution in [1.82, 2.24) is 0 Å². The second-order valence-corrected chi connectivity index (χ2v) is 8.15. The highest BCUT2D eigenvalue weighted by Gasteiger charge is 2.43. The molecule has 0 fully saturated rings. The summed E-state index contributed by atoms with van der Waals surface area (Å²) in [7, 11) is 0. The second kappa shape index (κ2) is 9.56. The third-order valence-electron chi connectivity index (χ3n) is 5.37. The molecule has 0 atom stereocenters. The van der Waals surface area contributed by atoms with Gasteiger partial charge >= 0.3 is 6.18 Å². The molecule has 182 valence electrons. The molecule has 1 aliphatic heterocycles. The number of carbonyl (C=O) groups is 2. The number of ketones is 1. The van der Waals surface area contributed by atoms with Gasteiger partial charge in [0.2, 0.25) is 0 Å². The molecule has 2 aromatic carbocycles. The van der Waals surface area contributed by atoms with E-state index in [4.69, 9.17) is 4.74 Å². The maximum atomic E-state index is 15.0. The van der Waals surface area contributed by atoms with Crippen LogP contribution in [-0.4, -0.2) is 30.8 Å². The second-order valence-electron chi connectivity index (χ2n) is 8.15. The molecule has 0 aromatic heterocycles. The Kier molecular flexibility index (Phi) is 7.14. The summed E-state index contributed by atoms with van der Waals surface area (Å²) < 4.78 is 76.9. The Morgan fingerprint density at radius 1 is 1.15 bits per heavy atom. The predicted octanol–water partition coefficient (Wildman–Crippen LogP) is 6.46. The van der Waals surface area contributed by atoms with Crippen molar-refractivity contribution in [2.24, 2.45) is 0 Å². The summed E-state index contributed by atoms with van der Waals surface area (Å²) >= 11 is 0. The highest BCUT2D eigenvalue weighted by atomic mass is 19.4. The van der Waals surface area contributed by atoms with Crippen LogP contribution in [0.1, 0.15) is 53.7 Å². The smallest absolute Gasteiger partial charge is 0.417 e. The van der Waals surface area contributed by atoms with E-state index in [1.807, 2.05) is 0 Å². The van der Waals surface area contributed by atoms with Crippen molar-refractivity contribution < 1.29 is 36.3 Å². The van der Waals surface area contributed by atoms with Gasteiger partial charge in [-0.15, -0.1) is 0 Å². The van der Waals surface area contributed by atoms with E-state index in [1.54, 1.807) is 19.9 Å². The van der Waals surface area contributed by atoms with Crippen molar-refractivity contribution in [2.45, 2.75) is 45.7 Å². The quantitative estimate of drug-likeness (QED) is 0.364. The number of allylic oxidation sites excluding steroid dienone is 2. The number of amides is 1. The van der Waals surface area contributed by atoms with Crippen molar-refractivity contribution in [3.8, 4) is 5.75 Å². The summed E-state index contributed by atoms with van der Waals surface area (Å²) in [5.74, 6) is -5.19. The van der Waals surface area contributed by atoms with Crippen LogP contribution >= 0.6 is 0 Å². The van der Waals surface area contributed by atoms with Gasteiger partial charge in [-0.25, -0.2) is 8.78 Å². The molecule has 34 heavy (non-hydrogen) atoms. The molecule has 9 heteroatoms. The van der Waals surface area contributed by atoms with Gasteiger partial charge in [-0.3, -0.25) is 9.59 Å². The molecule has 1 aliphatic rings. The number of anilines is 1. The molecule has 0 unspecified atom stereocenters. The van der Waals surface area contributed by atoms with Crippen LogP contribution < -0.4 is 9.64 Å². The Morgan fingerprint density at radius 3 is 2.47 bits per heavy atom. The van der Waals surface area contributed by atoms with Gasteiger partial charge in [0.05, 0.1) is 23.4 Å². The Hall–Kier alpha value is -3.23. The zero-order valence-corrected chi connectivity index (χ0v) is 18.9. The molecule has 0 N–H and O–H groups in total. The largest absolute Gasteiger partial charge is 0.494 e. The minimum atomic E-state index is -4.87. The molecule has 0 aliphatic carbocycles. The standard InChI is InChI=1S/C25H24F5NO3/c1-4-11-34-17-6-7-18(21(14-17)25(28,29)30)23(33)31-10-9-24(26,27)20(13-16(3)32)19-12-15(2)5-8-22(19)31/h5-8,12-14H,4,9-11H2,1-3H3/b20-13-. The Balaban J connectivity index is 2.17. The average Bonchev–Trinajstić information content (AvgIpc) is 2.85. The molecule has 0 bridgehead atoms. The van der Waals surface area contributed by atoms with E-state index in [-0.39, 0.29) is 23.6 Å². The molecule has 1 amide bonds. The number of hydrogen-bond donors (Lipinski definition) is 0. The monoisotopic (exact) mass is 481 g/mol. The third kappa shape index (κ3) is 5.29. The van der Waals surface area contributed by atoms with Crippen molar-refractivity contribution >= 4 is 23.0 Å². The van der Waals surface area contributed by atoms with Crippen molar-refractivity contribution in [3.05, 3.63) is 64.7 Å². The number of fused-ring (bicyclic) bond motifs is 1. The number of benzene rings is 2. The molecular weight excluding hydrogens is 457 g/mol. The molecule has 0 radical (unpaired) electrons. The average molecular weight is 481 g/mol. The molecule has 1 heterocycles. The van der Waals surface area contributed by atoms with Gasteiger partial charge in [0.25, 0.3) is 11.8 Å². The van der Waals surface area contributed by atoms with Gasteiger partial charge < -0.3 is 9.64 Å². The highest BCUT2D eigenvalue weighted by Crippen LogP contribution is 2.44. The van der Waals surface area contributed by atoms with Gasteiger partial charge in [0.1, 0.15) is 5.75 Å². The van der Waals surface area contributed by atoms with E-state index >= 15 is 8.78 Å². The molecule has 2 aromatic rings. The maximum Gasteiger partial charge on any atom is 0.417 e. The Bertz CT molecular complexity index is 1140. The lowest BCUT2D eigenvalue weighted by Crippen LogP contribution is -2.34. The number of halogens is 5. The SMILES string of the molecule is CCCOc1ccc(C(=O)N2CCC(F)(F)/C(=C\C(C)=O)c3cc(C)ccc32)c(C(F)(F)F)c1. The first-order chi connectivity index (χ1) is 15.8. The molecule has 0 saturated heterocycles. The third-order valence-corrected chi connectivity index (χ3v) is 5.37. The number of rotatable bonds is 5. The first kappa shape index (κ1) is 25.4. The summed E-state index contributed by atoms with van der Waals surface area (Å²) in [6, 6.07) is 7.37. The van der Waals surface area contributed by atoms with Gasteiger partial charge in [-0.05, 0) is 56.7 Å². The van der Waals surface area contributed by atoms with Crippen molar-refractivity contribution in [3.63, 3.8) is 0 Å². The lowest BCUT2D eigenvalue weighted by Gasteiger charge is -2.25. The van der Waals surface area contributed by atoms with Crippen molar-refractivity contribution in [1.29, 1.82) is 0 Å². The lowest BCUT2D eigenvalue weighted by molar-refractivity contribution is -0.138. The van der Waals surface area contributed by atoms with Crippen LogP contribution in [0.4, 0.5) is 27.6 Å². The van der Waals surface area contributed by atoms with Crippen LogP contribution in [0.15, 0.2) is 42.5 Å². The molecular formula is C25H24F5NO3. The number of nitrogens with zero attached hydrogens (tertiary/aromatic N) is 1. The van der Waals surface area contributed by atoms with Gasteiger partial charge in [-0.1, -0.05) is 18.6 Å². The van der Waals surface area contributed by atoms with Crippen molar-refractivity contribution in [2.75, 3.05) is 18.1 Å². The zero-order valence-electron chi connectivity index (χ0n) is 18.9. The van der Waals surface area contributed by atoms with Crippen LogP contribution in [0.3, 0.4) is 0 Å². The number of aryl methyl sites for hydroxylation is 1. The summed E-state index contributed by atoms with van der Waals surface area (Å²) in [5, 5.41) is 0. The van der Waals surface area contributed by atoms with E-state index in [2.05, 4.69) is 0 Å². The Morgan fingerprint density at radius 2 is 1.85 bits per heavy atom. The molecule has 0 spiro atoms. The van der Waals surface area contributed by atoms with Crippen LogP contribution in [-0.2, 0) is 11.0 Å². The maximum absolute atomic E-state index is 15.0. The number of hydrogen-bond acceptors (Lipinski definition) is 3. The minimum absolute atomic E-state index is 0.0136. The fourth-order valence-electron chi connectivity index (χ4n) is 3.80. The molecule has 3 rings (SSSR count). The van der Waals surface area contributed by atoms with Gasteiger partial charge in [0, 0.05) is 24.1 Å². The van der Waals surface area contributed by atoms with E-state index < -0.39 is 53.5 Å². The predicted molar refractivity (Wildman–Crippen MR) is 118 cm³/mol. The summed E-state index contributed by atoms with van der Waals surface area (Å²) in [6.45, 7) is 4.24. The summed E-state index contributed by atoms with van der Waals surface area (Å²) in [4.78, 5) is 26.0. The first-order valence-electron chi connectivity index (χ1n) is 10.7. The van der Waals surface area contributed by atoms with E-state index in [0.29, 0.717) is 12.0 Å². The lowest BCUT2D eigenvalue weighted by atomic mass is 9.95. The molecule has 0 saturated carbocycles. The topological polar surface area (TPSA) is 46.6 Å². The highest BCUT2D eigenvalue weighted by molar-refractivity contribution is 6.10. The van der Waals surface area contributed by atoms with Gasteiger partial charge in [-0.2, -0.15) is 13.2 Å². The Labute approximate surface area is 194 Å². The fourth-order valence-corrected chi connectivity index (χ4v) is 3.80. The van der Waals surface area contributed by atoms with Crippen LogP contribution in [0, 0.1) is 6.92 Å². The van der Waals surface area contributed by atoms with Crippen LogP contribution in [0.5, 0.6) is 5.75 Å². The number of carbonyl (C=O) groups excluding carboxylic acids is 2. The van der Waals surface area contributed by atoms with E-state index in [0.717, 1.165) is 30.0 Å².